The Bertz CT molecular complexity index is 450. The molecule has 1 unspecified atom stereocenters. The predicted molar refractivity (Wildman–Crippen MR) is 92.8 cm³/mol. The van der Waals surface area contributed by atoms with Crippen molar-refractivity contribution in [2.75, 3.05) is 24.6 Å². The maximum atomic E-state index is 9.55. The van der Waals surface area contributed by atoms with Crippen LogP contribution in [-0.2, 0) is 6.54 Å². The van der Waals surface area contributed by atoms with Gasteiger partial charge in [-0.05, 0) is 49.4 Å². The molecule has 1 heterocycles. The summed E-state index contributed by atoms with van der Waals surface area (Å²) < 4.78 is 1.15. The first-order chi connectivity index (χ1) is 10.1. The van der Waals surface area contributed by atoms with E-state index >= 15 is 0 Å². The fourth-order valence-corrected chi connectivity index (χ4v) is 3.39. The number of piperidine rings is 1. The molecule has 2 N–H and O–H groups in total. The summed E-state index contributed by atoms with van der Waals surface area (Å²) in [5.41, 5.74) is 2.50. The fourth-order valence-electron chi connectivity index (χ4n) is 2.88. The van der Waals surface area contributed by atoms with Gasteiger partial charge in [-0.25, -0.2) is 0 Å². The minimum absolute atomic E-state index is 0.245. The zero-order valence-corrected chi connectivity index (χ0v) is 14.7. The van der Waals surface area contributed by atoms with Crippen LogP contribution in [0.3, 0.4) is 0 Å². The third-order valence-electron chi connectivity index (χ3n) is 4.07. The second-order valence-electron chi connectivity index (χ2n) is 6.33. The number of rotatable bonds is 6. The highest BCUT2D eigenvalue weighted by molar-refractivity contribution is 9.10. The molecule has 0 bridgehead atoms. The number of aliphatic hydroxyl groups is 1. The molecule has 0 saturated carbocycles. The van der Waals surface area contributed by atoms with Crippen LogP contribution < -0.4 is 10.2 Å². The molecule has 0 aromatic heterocycles. The van der Waals surface area contributed by atoms with E-state index in [1.807, 2.05) is 0 Å². The van der Waals surface area contributed by atoms with E-state index < -0.39 is 0 Å². The van der Waals surface area contributed by atoms with Crippen molar-refractivity contribution < 1.29 is 5.11 Å². The Balaban J connectivity index is 2.03. The first-order valence-electron chi connectivity index (χ1n) is 7.98. The SMILES string of the molecule is CC(C)CNCc1ccc(N2CCCCC2CO)cc1Br. The van der Waals surface area contributed by atoms with Crippen molar-refractivity contribution in [2.24, 2.45) is 5.92 Å². The third-order valence-corrected chi connectivity index (χ3v) is 4.81. The normalized spacial score (nSPS) is 19.3. The van der Waals surface area contributed by atoms with E-state index in [-0.39, 0.29) is 12.6 Å². The van der Waals surface area contributed by atoms with Gasteiger partial charge in [0.1, 0.15) is 0 Å². The van der Waals surface area contributed by atoms with Crippen molar-refractivity contribution in [3.05, 3.63) is 28.2 Å². The lowest BCUT2D eigenvalue weighted by Crippen LogP contribution is -2.41. The zero-order valence-electron chi connectivity index (χ0n) is 13.1. The lowest BCUT2D eigenvalue weighted by atomic mass is 10.0. The monoisotopic (exact) mass is 354 g/mol. The van der Waals surface area contributed by atoms with E-state index in [9.17, 15) is 5.11 Å². The van der Waals surface area contributed by atoms with E-state index in [1.165, 1.54) is 24.1 Å². The highest BCUT2D eigenvalue weighted by atomic mass is 79.9. The molecule has 1 aliphatic heterocycles. The van der Waals surface area contributed by atoms with Crippen LogP contribution in [0.4, 0.5) is 5.69 Å². The second kappa shape index (κ2) is 8.16. The lowest BCUT2D eigenvalue weighted by Gasteiger charge is -2.36. The first kappa shape index (κ1) is 16.8. The lowest BCUT2D eigenvalue weighted by molar-refractivity contribution is 0.240. The molecule has 1 aromatic rings. The van der Waals surface area contributed by atoms with E-state index in [2.05, 4.69) is 58.2 Å². The van der Waals surface area contributed by atoms with Gasteiger partial charge in [0.25, 0.3) is 0 Å². The fraction of sp³-hybridized carbons (Fsp3) is 0.647. The second-order valence-corrected chi connectivity index (χ2v) is 7.18. The maximum absolute atomic E-state index is 9.55. The molecule has 21 heavy (non-hydrogen) atoms. The molecular weight excluding hydrogens is 328 g/mol. The van der Waals surface area contributed by atoms with Gasteiger partial charge in [0.2, 0.25) is 0 Å². The summed E-state index contributed by atoms with van der Waals surface area (Å²) >= 11 is 3.69. The maximum Gasteiger partial charge on any atom is 0.0635 e. The minimum Gasteiger partial charge on any atom is -0.394 e. The molecule has 0 aliphatic carbocycles. The van der Waals surface area contributed by atoms with Gasteiger partial charge in [-0.3, -0.25) is 0 Å². The molecule has 118 valence electrons. The third kappa shape index (κ3) is 4.70. The topological polar surface area (TPSA) is 35.5 Å². The van der Waals surface area contributed by atoms with E-state index in [4.69, 9.17) is 0 Å². The van der Waals surface area contributed by atoms with Crippen molar-refractivity contribution >= 4 is 21.6 Å². The number of aliphatic hydroxyl groups excluding tert-OH is 1. The molecule has 1 atom stereocenters. The molecule has 1 saturated heterocycles. The number of nitrogens with one attached hydrogen (secondary N) is 1. The molecule has 3 nitrogen and oxygen atoms in total. The largest absolute Gasteiger partial charge is 0.394 e. The highest BCUT2D eigenvalue weighted by Crippen LogP contribution is 2.29. The van der Waals surface area contributed by atoms with Gasteiger partial charge < -0.3 is 15.3 Å². The summed E-state index contributed by atoms with van der Waals surface area (Å²) in [5, 5.41) is 13.0. The number of hydrogen-bond donors (Lipinski definition) is 2. The standard InChI is InChI=1S/C17H27BrN2O/c1-13(2)10-19-11-14-6-7-15(9-17(14)18)20-8-4-3-5-16(20)12-21/h6-7,9,13,16,19,21H,3-5,8,10-12H2,1-2H3. The van der Waals surface area contributed by atoms with Crippen molar-refractivity contribution in [3.8, 4) is 0 Å². The van der Waals surface area contributed by atoms with Gasteiger partial charge in [-0.1, -0.05) is 35.8 Å². The quantitative estimate of drug-likeness (QED) is 0.819. The molecule has 1 fully saturated rings. The van der Waals surface area contributed by atoms with Gasteiger partial charge in [0.05, 0.1) is 12.6 Å². The molecule has 1 aromatic carbocycles. The summed E-state index contributed by atoms with van der Waals surface area (Å²) in [5.74, 6) is 0.668. The Kier molecular flexibility index (Phi) is 6.52. The van der Waals surface area contributed by atoms with E-state index in [0.717, 1.165) is 30.5 Å². The van der Waals surface area contributed by atoms with Gasteiger partial charge in [-0.2, -0.15) is 0 Å². The molecule has 0 radical (unpaired) electrons. The van der Waals surface area contributed by atoms with E-state index in [1.54, 1.807) is 0 Å². The molecule has 4 heteroatoms. The van der Waals surface area contributed by atoms with Gasteiger partial charge in [0, 0.05) is 23.2 Å². The van der Waals surface area contributed by atoms with Gasteiger partial charge >= 0.3 is 0 Å². The zero-order chi connectivity index (χ0) is 15.2. The van der Waals surface area contributed by atoms with Gasteiger partial charge in [0.15, 0.2) is 0 Å². The van der Waals surface area contributed by atoms with Crippen molar-refractivity contribution in [2.45, 2.75) is 45.7 Å². The Morgan fingerprint density at radius 2 is 2.19 bits per heavy atom. The number of halogens is 1. The van der Waals surface area contributed by atoms with Crippen LogP contribution in [-0.4, -0.2) is 30.8 Å². The Labute approximate surface area is 136 Å². The summed E-state index contributed by atoms with van der Waals surface area (Å²) in [6.45, 7) is 7.65. The smallest absolute Gasteiger partial charge is 0.0635 e. The van der Waals surface area contributed by atoms with Crippen molar-refractivity contribution in [3.63, 3.8) is 0 Å². The molecule has 2 rings (SSSR count). The summed E-state index contributed by atoms with van der Waals surface area (Å²) in [7, 11) is 0. The first-order valence-corrected chi connectivity index (χ1v) is 8.77. The average molecular weight is 355 g/mol. The Hall–Kier alpha value is -0.580. The Morgan fingerprint density at radius 3 is 2.86 bits per heavy atom. The number of hydrogen-bond acceptors (Lipinski definition) is 3. The van der Waals surface area contributed by atoms with Crippen LogP contribution >= 0.6 is 15.9 Å². The Morgan fingerprint density at radius 1 is 1.38 bits per heavy atom. The molecular formula is C17H27BrN2O. The van der Waals surface area contributed by atoms with Crippen molar-refractivity contribution in [1.29, 1.82) is 0 Å². The van der Waals surface area contributed by atoms with Gasteiger partial charge in [-0.15, -0.1) is 0 Å². The number of anilines is 1. The minimum atomic E-state index is 0.245. The van der Waals surface area contributed by atoms with Crippen LogP contribution in [0.1, 0.15) is 38.7 Å². The van der Waals surface area contributed by atoms with Crippen LogP contribution in [0.2, 0.25) is 0 Å². The molecule has 1 aliphatic rings. The average Bonchev–Trinajstić information content (AvgIpc) is 2.48. The van der Waals surface area contributed by atoms with E-state index in [0.29, 0.717) is 5.92 Å². The summed E-state index contributed by atoms with van der Waals surface area (Å²) in [4.78, 5) is 2.35. The number of benzene rings is 1. The van der Waals surface area contributed by atoms with Crippen molar-refractivity contribution in [1.82, 2.24) is 5.32 Å². The molecule has 0 spiro atoms. The van der Waals surface area contributed by atoms with Crippen LogP contribution in [0, 0.1) is 5.92 Å². The highest BCUT2D eigenvalue weighted by Gasteiger charge is 2.22. The summed E-state index contributed by atoms with van der Waals surface area (Å²) in [6.07, 6.45) is 3.53. The van der Waals surface area contributed by atoms with Crippen LogP contribution in [0.15, 0.2) is 22.7 Å². The number of nitrogens with zero attached hydrogens (tertiary/aromatic N) is 1. The molecule has 0 amide bonds. The van der Waals surface area contributed by atoms with Crippen LogP contribution in [0.25, 0.3) is 0 Å². The van der Waals surface area contributed by atoms with Crippen LogP contribution in [0.5, 0.6) is 0 Å². The predicted octanol–water partition coefficient (Wildman–Crippen LogP) is 3.55. The summed E-state index contributed by atoms with van der Waals surface area (Å²) in [6, 6.07) is 6.84.